The summed E-state index contributed by atoms with van der Waals surface area (Å²) in [6.45, 7) is 5.08. The molecule has 0 unspecified atom stereocenters. The molecule has 0 aliphatic heterocycles. The van der Waals surface area contributed by atoms with Gasteiger partial charge in [-0.3, -0.25) is 9.59 Å². The Labute approximate surface area is 138 Å². The van der Waals surface area contributed by atoms with Crippen LogP contribution in [0.2, 0.25) is 0 Å². The third-order valence-electron chi connectivity index (χ3n) is 3.94. The average molecular weight is 332 g/mol. The predicted octanol–water partition coefficient (Wildman–Crippen LogP) is 3.34. The van der Waals surface area contributed by atoms with Crippen molar-refractivity contribution in [3.05, 3.63) is 33.2 Å². The molecular weight excluding hydrogens is 312 g/mol. The number of benzene rings is 1. The van der Waals surface area contributed by atoms with Gasteiger partial charge in [0.15, 0.2) is 17.1 Å². The zero-order chi connectivity index (χ0) is 18.0. The van der Waals surface area contributed by atoms with Crippen LogP contribution in [-0.4, -0.2) is 21.8 Å². The number of hydrogen-bond donors (Lipinski definition) is 2. The molecule has 6 heteroatoms. The molecule has 0 aliphatic carbocycles. The van der Waals surface area contributed by atoms with Gasteiger partial charge in [0.1, 0.15) is 22.6 Å². The maximum Gasteiger partial charge on any atom is 0.336 e. The molecule has 0 atom stereocenters. The van der Waals surface area contributed by atoms with Crippen LogP contribution in [0.25, 0.3) is 11.0 Å². The minimum atomic E-state index is -0.676. The second-order valence-corrected chi connectivity index (χ2v) is 5.55. The van der Waals surface area contributed by atoms with Gasteiger partial charge in [0.2, 0.25) is 0 Å². The maximum atomic E-state index is 12.3. The minimum Gasteiger partial charge on any atom is -0.506 e. The van der Waals surface area contributed by atoms with Crippen molar-refractivity contribution in [2.75, 3.05) is 0 Å². The molecule has 1 aromatic carbocycles. The Morgan fingerprint density at radius 3 is 2.12 bits per heavy atom. The highest BCUT2D eigenvalue weighted by molar-refractivity contribution is 6.16. The van der Waals surface area contributed by atoms with Crippen LogP contribution in [0, 0.1) is 0 Å². The van der Waals surface area contributed by atoms with E-state index in [1.54, 1.807) is 13.8 Å². The van der Waals surface area contributed by atoms with E-state index < -0.39 is 28.7 Å². The SMILES string of the molecule is CCCc1cc(=O)oc2c(C(=O)CC)c(O)c(C(=O)CC)c(O)c12. The van der Waals surface area contributed by atoms with Gasteiger partial charge in [-0.2, -0.15) is 0 Å². The topological polar surface area (TPSA) is 105 Å². The lowest BCUT2D eigenvalue weighted by atomic mass is 9.93. The van der Waals surface area contributed by atoms with Gasteiger partial charge in [0.05, 0.1) is 5.39 Å². The molecule has 2 aromatic rings. The monoisotopic (exact) mass is 332 g/mol. The van der Waals surface area contributed by atoms with E-state index in [0.717, 1.165) is 0 Å². The first-order chi connectivity index (χ1) is 11.4. The van der Waals surface area contributed by atoms with Gasteiger partial charge >= 0.3 is 5.63 Å². The largest absolute Gasteiger partial charge is 0.506 e. The molecule has 24 heavy (non-hydrogen) atoms. The number of Topliss-reactive ketones (excluding diaryl/α,β-unsaturated/α-hetero) is 2. The summed E-state index contributed by atoms with van der Waals surface area (Å²) in [5.74, 6) is -2.05. The molecule has 0 radical (unpaired) electrons. The Kier molecular flexibility index (Phi) is 5.07. The van der Waals surface area contributed by atoms with E-state index in [-0.39, 0.29) is 34.9 Å². The molecule has 0 aliphatic rings. The number of phenols is 2. The predicted molar refractivity (Wildman–Crippen MR) is 89.1 cm³/mol. The lowest BCUT2D eigenvalue weighted by molar-refractivity contribution is 0.0982. The second kappa shape index (κ2) is 6.86. The number of carbonyl (C=O) groups excluding carboxylic acids is 2. The van der Waals surface area contributed by atoms with Gasteiger partial charge in [0.25, 0.3) is 0 Å². The Bertz CT molecular complexity index is 875. The molecule has 0 saturated heterocycles. The third kappa shape index (κ3) is 2.79. The molecule has 0 fully saturated rings. The highest BCUT2D eigenvalue weighted by atomic mass is 16.4. The zero-order valence-electron chi connectivity index (χ0n) is 13.9. The molecule has 2 N–H and O–H groups in total. The van der Waals surface area contributed by atoms with Crippen LogP contribution < -0.4 is 5.63 Å². The van der Waals surface area contributed by atoms with Gasteiger partial charge in [0, 0.05) is 18.9 Å². The second-order valence-electron chi connectivity index (χ2n) is 5.55. The Hall–Kier alpha value is -2.63. The van der Waals surface area contributed by atoms with Crippen LogP contribution in [0.4, 0.5) is 0 Å². The Balaban J connectivity index is 3.09. The van der Waals surface area contributed by atoms with E-state index in [2.05, 4.69) is 0 Å². The smallest absolute Gasteiger partial charge is 0.336 e. The van der Waals surface area contributed by atoms with E-state index in [1.807, 2.05) is 6.92 Å². The van der Waals surface area contributed by atoms with E-state index in [4.69, 9.17) is 4.42 Å². The number of aryl methyl sites for hydroxylation is 1. The summed E-state index contributed by atoms with van der Waals surface area (Å²) in [5, 5.41) is 21.1. The van der Waals surface area contributed by atoms with Gasteiger partial charge in [-0.15, -0.1) is 0 Å². The number of ketones is 2. The van der Waals surface area contributed by atoms with Crippen LogP contribution >= 0.6 is 0 Å². The summed E-state index contributed by atoms with van der Waals surface area (Å²) in [6.07, 6.45) is 1.24. The van der Waals surface area contributed by atoms with E-state index in [9.17, 15) is 24.6 Å². The standard InChI is InChI=1S/C18H20O6/c1-4-7-9-8-12(21)24-18-13(9)16(22)14(10(19)5-2)17(23)15(18)11(20)6-3/h8,22-23H,4-7H2,1-3H3. The first-order valence-corrected chi connectivity index (χ1v) is 7.98. The van der Waals surface area contributed by atoms with Gasteiger partial charge in [-0.25, -0.2) is 4.79 Å². The molecule has 128 valence electrons. The van der Waals surface area contributed by atoms with Crippen molar-refractivity contribution in [1.82, 2.24) is 0 Å². The lowest BCUT2D eigenvalue weighted by Gasteiger charge is -2.15. The molecule has 2 rings (SSSR count). The van der Waals surface area contributed by atoms with E-state index >= 15 is 0 Å². The van der Waals surface area contributed by atoms with Crippen molar-refractivity contribution >= 4 is 22.5 Å². The number of fused-ring (bicyclic) bond motifs is 1. The molecule has 0 saturated carbocycles. The van der Waals surface area contributed by atoms with Crippen molar-refractivity contribution < 1.29 is 24.2 Å². The fraction of sp³-hybridized carbons (Fsp3) is 0.389. The number of carbonyl (C=O) groups is 2. The summed E-state index contributed by atoms with van der Waals surface area (Å²) < 4.78 is 5.13. The van der Waals surface area contributed by atoms with Crippen LogP contribution in [0.1, 0.15) is 66.3 Å². The first kappa shape index (κ1) is 17.7. The van der Waals surface area contributed by atoms with Crippen molar-refractivity contribution in [1.29, 1.82) is 0 Å². The highest BCUT2D eigenvalue weighted by Crippen LogP contribution is 2.42. The summed E-state index contributed by atoms with van der Waals surface area (Å²) in [4.78, 5) is 36.3. The normalized spacial score (nSPS) is 11.0. The van der Waals surface area contributed by atoms with Crippen molar-refractivity contribution in [2.24, 2.45) is 0 Å². The number of rotatable bonds is 6. The molecule has 1 heterocycles. The number of phenolic OH excluding ortho intramolecular Hbond substituents is 2. The molecular formula is C18H20O6. The Morgan fingerprint density at radius 1 is 1.00 bits per heavy atom. The quantitative estimate of drug-likeness (QED) is 0.621. The van der Waals surface area contributed by atoms with E-state index in [1.165, 1.54) is 6.07 Å². The van der Waals surface area contributed by atoms with Gasteiger partial charge in [-0.05, 0) is 12.0 Å². The number of aromatic hydroxyl groups is 2. The molecule has 6 nitrogen and oxygen atoms in total. The van der Waals surface area contributed by atoms with Crippen LogP contribution in [-0.2, 0) is 6.42 Å². The average Bonchev–Trinajstić information content (AvgIpc) is 2.53. The van der Waals surface area contributed by atoms with Crippen molar-refractivity contribution in [2.45, 2.75) is 46.5 Å². The van der Waals surface area contributed by atoms with Gasteiger partial charge < -0.3 is 14.6 Å². The van der Waals surface area contributed by atoms with Crippen molar-refractivity contribution in [3.8, 4) is 11.5 Å². The molecule has 1 aromatic heterocycles. The van der Waals surface area contributed by atoms with E-state index in [0.29, 0.717) is 18.4 Å². The zero-order valence-corrected chi connectivity index (χ0v) is 13.9. The van der Waals surface area contributed by atoms with Crippen molar-refractivity contribution in [3.63, 3.8) is 0 Å². The maximum absolute atomic E-state index is 12.3. The van der Waals surface area contributed by atoms with Crippen LogP contribution in [0.15, 0.2) is 15.3 Å². The summed E-state index contributed by atoms with van der Waals surface area (Å²) in [6, 6.07) is 1.24. The summed E-state index contributed by atoms with van der Waals surface area (Å²) >= 11 is 0. The van der Waals surface area contributed by atoms with Gasteiger partial charge in [-0.1, -0.05) is 27.2 Å². The fourth-order valence-corrected chi connectivity index (χ4v) is 2.79. The highest BCUT2D eigenvalue weighted by Gasteiger charge is 2.29. The van der Waals surface area contributed by atoms with Crippen LogP contribution in [0.3, 0.4) is 0 Å². The number of hydrogen-bond acceptors (Lipinski definition) is 6. The molecule has 0 bridgehead atoms. The minimum absolute atomic E-state index is 0.0479. The fourth-order valence-electron chi connectivity index (χ4n) is 2.79. The van der Waals surface area contributed by atoms with Crippen LogP contribution in [0.5, 0.6) is 11.5 Å². The summed E-state index contributed by atoms with van der Waals surface area (Å²) in [5.41, 5.74) is -0.883. The lowest BCUT2D eigenvalue weighted by Crippen LogP contribution is -2.09. The third-order valence-corrected chi connectivity index (χ3v) is 3.94. The summed E-state index contributed by atoms with van der Waals surface area (Å²) in [7, 11) is 0. The Morgan fingerprint density at radius 2 is 1.58 bits per heavy atom. The molecule has 0 amide bonds. The molecule has 0 spiro atoms. The first-order valence-electron chi connectivity index (χ1n) is 7.98.